The summed E-state index contributed by atoms with van der Waals surface area (Å²) in [6, 6.07) is 0.511. The van der Waals surface area contributed by atoms with Gasteiger partial charge in [-0.25, -0.2) is 9.97 Å². The van der Waals surface area contributed by atoms with Crippen molar-refractivity contribution in [2.24, 2.45) is 5.41 Å². The van der Waals surface area contributed by atoms with Gasteiger partial charge in [-0.05, 0) is 31.1 Å². The first-order chi connectivity index (χ1) is 8.09. The van der Waals surface area contributed by atoms with Crippen molar-refractivity contribution in [1.29, 1.82) is 0 Å². The molecule has 0 aliphatic heterocycles. The fraction of sp³-hybridized carbons (Fsp3) is 0.692. The second kappa shape index (κ2) is 4.90. The van der Waals surface area contributed by atoms with E-state index >= 15 is 0 Å². The standard InChI is InChI=1S/C13H21N3O/c1-13(2)6-4-10(5-7-13)16-12-14-8-11(17-3)9-15-12/h8-10H,4-7H2,1-3H3,(H,14,15,16). The summed E-state index contributed by atoms with van der Waals surface area (Å²) in [4.78, 5) is 8.47. The Morgan fingerprint density at radius 2 is 1.82 bits per heavy atom. The lowest BCUT2D eigenvalue weighted by atomic mass is 9.76. The molecule has 4 heteroatoms. The van der Waals surface area contributed by atoms with Gasteiger partial charge in [0.25, 0.3) is 0 Å². The van der Waals surface area contributed by atoms with E-state index in [2.05, 4.69) is 29.1 Å². The summed E-state index contributed by atoms with van der Waals surface area (Å²) < 4.78 is 5.03. The number of nitrogens with one attached hydrogen (secondary N) is 1. The third-order valence-electron chi connectivity index (χ3n) is 3.54. The van der Waals surface area contributed by atoms with Crippen LogP contribution in [0.2, 0.25) is 0 Å². The third-order valence-corrected chi connectivity index (χ3v) is 3.54. The van der Waals surface area contributed by atoms with E-state index in [0.717, 1.165) is 0 Å². The molecule has 1 aromatic heterocycles. The zero-order valence-electron chi connectivity index (χ0n) is 10.9. The van der Waals surface area contributed by atoms with Gasteiger partial charge in [0.15, 0.2) is 5.75 Å². The number of methoxy groups -OCH3 is 1. The fourth-order valence-electron chi connectivity index (χ4n) is 2.22. The molecular formula is C13H21N3O. The molecule has 2 rings (SSSR count). The normalized spacial score (nSPS) is 19.9. The van der Waals surface area contributed by atoms with Crippen LogP contribution < -0.4 is 10.1 Å². The first-order valence-electron chi connectivity index (χ1n) is 6.22. The van der Waals surface area contributed by atoms with E-state index in [1.165, 1.54) is 25.7 Å². The lowest BCUT2D eigenvalue weighted by Gasteiger charge is -2.34. The number of anilines is 1. The van der Waals surface area contributed by atoms with Gasteiger partial charge in [-0.1, -0.05) is 13.8 Å². The summed E-state index contributed by atoms with van der Waals surface area (Å²) in [6.45, 7) is 4.68. The van der Waals surface area contributed by atoms with E-state index < -0.39 is 0 Å². The highest BCUT2D eigenvalue weighted by atomic mass is 16.5. The minimum Gasteiger partial charge on any atom is -0.494 e. The zero-order chi connectivity index (χ0) is 12.3. The van der Waals surface area contributed by atoms with Gasteiger partial charge in [-0.2, -0.15) is 0 Å². The topological polar surface area (TPSA) is 47.0 Å². The Hall–Kier alpha value is -1.32. The SMILES string of the molecule is COc1cnc(NC2CCC(C)(C)CC2)nc1. The number of rotatable bonds is 3. The fourth-order valence-corrected chi connectivity index (χ4v) is 2.22. The van der Waals surface area contributed by atoms with Gasteiger partial charge in [0.1, 0.15) is 0 Å². The summed E-state index contributed by atoms with van der Waals surface area (Å²) in [5.41, 5.74) is 0.499. The highest BCUT2D eigenvalue weighted by molar-refractivity contribution is 5.28. The largest absolute Gasteiger partial charge is 0.494 e. The van der Waals surface area contributed by atoms with E-state index in [9.17, 15) is 0 Å². The quantitative estimate of drug-likeness (QED) is 0.875. The summed E-state index contributed by atoms with van der Waals surface area (Å²) in [6.07, 6.45) is 8.32. The van der Waals surface area contributed by atoms with Gasteiger partial charge in [0, 0.05) is 6.04 Å². The molecule has 0 spiro atoms. The molecule has 0 radical (unpaired) electrons. The predicted molar refractivity (Wildman–Crippen MR) is 68.2 cm³/mol. The van der Waals surface area contributed by atoms with Gasteiger partial charge < -0.3 is 10.1 Å². The molecule has 0 amide bonds. The van der Waals surface area contributed by atoms with Gasteiger partial charge in [0.05, 0.1) is 19.5 Å². The Balaban J connectivity index is 1.89. The Morgan fingerprint density at radius 3 is 2.35 bits per heavy atom. The molecule has 4 nitrogen and oxygen atoms in total. The molecule has 0 saturated heterocycles. The van der Waals surface area contributed by atoms with Crippen LogP contribution in [0.3, 0.4) is 0 Å². The average Bonchev–Trinajstić information content (AvgIpc) is 2.33. The minimum absolute atomic E-state index is 0.499. The molecule has 1 aliphatic rings. The van der Waals surface area contributed by atoms with Crippen molar-refractivity contribution in [3.05, 3.63) is 12.4 Å². The third kappa shape index (κ3) is 3.32. The Labute approximate surface area is 103 Å². The van der Waals surface area contributed by atoms with Gasteiger partial charge in [-0.15, -0.1) is 0 Å². The van der Waals surface area contributed by atoms with E-state index in [4.69, 9.17) is 4.74 Å². The summed E-state index contributed by atoms with van der Waals surface area (Å²) in [5, 5.41) is 3.39. The van der Waals surface area contributed by atoms with Crippen LogP contribution in [0, 0.1) is 5.41 Å². The second-order valence-electron chi connectivity index (χ2n) is 5.53. The van der Waals surface area contributed by atoms with Gasteiger partial charge in [-0.3, -0.25) is 0 Å². The van der Waals surface area contributed by atoms with Crippen molar-refractivity contribution in [2.45, 2.75) is 45.6 Å². The summed E-state index contributed by atoms with van der Waals surface area (Å²) in [5.74, 6) is 1.40. The molecule has 17 heavy (non-hydrogen) atoms. The number of nitrogens with zero attached hydrogens (tertiary/aromatic N) is 2. The molecule has 1 heterocycles. The average molecular weight is 235 g/mol. The summed E-state index contributed by atoms with van der Waals surface area (Å²) >= 11 is 0. The minimum atomic E-state index is 0.499. The van der Waals surface area contributed by atoms with Crippen LogP contribution in [-0.2, 0) is 0 Å². The Morgan fingerprint density at radius 1 is 1.24 bits per heavy atom. The van der Waals surface area contributed by atoms with Gasteiger partial charge in [0.2, 0.25) is 5.95 Å². The van der Waals surface area contributed by atoms with Crippen molar-refractivity contribution in [3.8, 4) is 5.75 Å². The number of ether oxygens (including phenoxy) is 1. The predicted octanol–water partition coefficient (Wildman–Crippen LogP) is 2.87. The molecule has 1 aromatic rings. The molecule has 1 fully saturated rings. The summed E-state index contributed by atoms with van der Waals surface area (Å²) in [7, 11) is 1.62. The van der Waals surface area contributed by atoms with E-state index in [0.29, 0.717) is 23.2 Å². The van der Waals surface area contributed by atoms with Crippen LogP contribution in [0.4, 0.5) is 5.95 Å². The molecule has 0 aromatic carbocycles. The molecule has 1 N–H and O–H groups in total. The van der Waals surface area contributed by atoms with Crippen molar-refractivity contribution in [1.82, 2.24) is 9.97 Å². The van der Waals surface area contributed by atoms with Crippen LogP contribution in [0.1, 0.15) is 39.5 Å². The second-order valence-corrected chi connectivity index (χ2v) is 5.53. The highest BCUT2D eigenvalue weighted by Crippen LogP contribution is 2.35. The van der Waals surface area contributed by atoms with Crippen molar-refractivity contribution in [3.63, 3.8) is 0 Å². The van der Waals surface area contributed by atoms with Crippen molar-refractivity contribution >= 4 is 5.95 Å². The molecule has 0 unspecified atom stereocenters. The molecule has 94 valence electrons. The van der Waals surface area contributed by atoms with Crippen LogP contribution in [0.5, 0.6) is 5.75 Å². The van der Waals surface area contributed by atoms with Gasteiger partial charge >= 0.3 is 0 Å². The Bertz CT molecular complexity index is 351. The molecule has 1 aliphatic carbocycles. The molecule has 0 bridgehead atoms. The van der Waals surface area contributed by atoms with E-state index in [1.807, 2.05) is 0 Å². The molecular weight excluding hydrogens is 214 g/mol. The number of hydrogen-bond donors (Lipinski definition) is 1. The lowest BCUT2D eigenvalue weighted by Crippen LogP contribution is -2.30. The maximum atomic E-state index is 5.03. The molecule has 1 saturated carbocycles. The van der Waals surface area contributed by atoms with Crippen molar-refractivity contribution in [2.75, 3.05) is 12.4 Å². The maximum Gasteiger partial charge on any atom is 0.223 e. The van der Waals surface area contributed by atoms with Crippen LogP contribution >= 0.6 is 0 Å². The number of hydrogen-bond acceptors (Lipinski definition) is 4. The lowest BCUT2D eigenvalue weighted by molar-refractivity contribution is 0.232. The van der Waals surface area contributed by atoms with Crippen LogP contribution in [0.15, 0.2) is 12.4 Å². The number of aromatic nitrogens is 2. The first kappa shape index (κ1) is 12.1. The van der Waals surface area contributed by atoms with E-state index in [1.54, 1.807) is 19.5 Å². The highest BCUT2D eigenvalue weighted by Gasteiger charge is 2.26. The Kier molecular flexibility index (Phi) is 3.50. The maximum absolute atomic E-state index is 5.03. The van der Waals surface area contributed by atoms with Crippen molar-refractivity contribution < 1.29 is 4.74 Å². The van der Waals surface area contributed by atoms with Crippen LogP contribution in [0.25, 0.3) is 0 Å². The monoisotopic (exact) mass is 235 g/mol. The molecule has 0 atom stereocenters. The zero-order valence-corrected chi connectivity index (χ0v) is 10.9. The van der Waals surface area contributed by atoms with Crippen LogP contribution in [-0.4, -0.2) is 23.1 Å². The first-order valence-corrected chi connectivity index (χ1v) is 6.22. The van der Waals surface area contributed by atoms with E-state index in [-0.39, 0.29) is 0 Å². The smallest absolute Gasteiger partial charge is 0.223 e.